The molecule has 4 heteroatoms. The van der Waals surface area contributed by atoms with Crippen LogP contribution >= 0.6 is 0 Å². The van der Waals surface area contributed by atoms with Gasteiger partial charge in [0, 0.05) is 4.91 Å². The summed E-state index contributed by atoms with van der Waals surface area (Å²) >= 11 is 0. The van der Waals surface area contributed by atoms with Gasteiger partial charge in [-0.1, -0.05) is 62.6 Å². The van der Waals surface area contributed by atoms with E-state index in [1.165, 1.54) is 12.8 Å². The van der Waals surface area contributed by atoms with Gasteiger partial charge in [0.1, 0.15) is 0 Å². The minimum Gasteiger partial charge on any atom is -0.364 e. The summed E-state index contributed by atoms with van der Waals surface area (Å²) in [5.74, 6) is 1.80. The van der Waals surface area contributed by atoms with Crippen molar-refractivity contribution in [3.63, 3.8) is 0 Å². The minimum atomic E-state index is -0.521. The third-order valence-electron chi connectivity index (χ3n) is 4.51. The molecule has 4 nitrogen and oxygen atoms in total. The summed E-state index contributed by atoms with van der Waals surface area (Å²) in [6.45, 7) is 6.78. The molecule has 1 aromatic carbocycles. The molecular weight excluding hydrogens is 262 g/mol. The highest BCUT2D eigenvalue weighted by atomic mass is 16.5. The van der Waals surface area contributed by atoms with Crippen LogP contribution in [0, 0.1) is 17.8 Å². The van der Waals surface area contributed by atoms with Gasteiger partial charge in [-0.05, 0) is 41.7 Å². The molecule has 1 saturated carbocycles. The van der Waals surface area contributed by atoms with E-state index in [0.29, 0.717) is 17.8 Å². The monoisotopic (exact) mass is 287 g/mol. The van der Waals surface area contributed by atoms with Crippen LogP contribution in [0.5, 0.6) is 0 Å². The molecule has 0 amide bonds. The Morgan fingerprint density at radius 3 is 2.57 bits per heavy atom. The van der Waals surface area contributed by atoms with Crippen molar-refractivity contribution in [1.82, 2.24) is 0 Å². The smallest absolute Gasteiger partial charge is 0.161 e. The first-order chi connectivity index (χ1) is 10.1. The van der Waals surface area contributed by atoms with Crippen LogP contribution in [-0.2, 0) is 4.74 Å². The van der Waals surface area contributed by atoms with Gasteiger partial charge >= 0.3 is 0 Å². The zero-order valence-corrected chi connectivity index (χ0v) is 13.1. The Labute approximate surface area is 127 Å². The van der Waals surface area contributed by atoms with Crippen molar-refractivity contribution in [2.75, 3.05) is 0 Å². The standard InChI is InChI=1S/C17H25N3O/c1-12(2)15-10-9-13(3)11-16(15)21-17(19-20-18)14-7-5-4-6-8-14/h4-8,12-13,15-17H,9-11H2,1-3H3/t13-,15+,16-,17?/m1/s1. The zero-order valence-electron chi connectivity index (χ0n) is 13.1. The van der Waals surface area contributed by atoms with Crippen molar-refractivity contribution in [2.24, 2.45) is 22.9 Å². The van der Waals surface area contributed by atoms with Crippen LogP contribution < -0.4 is 0 Å². The van der Waals surface area contributed by atoms with Crippen LogP contribution in [0.15, 0.2) is 35.4 Å². The molecule has 0 aromatic heterocycles. The number of ether oxygens (including phenoxy) is 1. The second-order valence-corrected chi connectivity index (χ2v) is 6.47. The normalized spacial score (nSPS) is 27.1. The fraction of sp³-hybridized carbons (Fsp3) is 0.647. The lowest BCUT2D eigenvalue weighted by atomic mass is 9.75. The molecule has 0 bridgehead atoms. The van der Waals surface area contributed by atoms with E-state index in [0.717, 1.165) is 12.0 Å². The SMILES string of the molecule is CC(C)[C@@H]1CC[C@@H](C)C[C@H]1OC(N=[N+]=[N-])c1ccccc1. The summed E-state index contributed by atoms with van der Waals surface area (Å²) in [5.41, 5.74) is 9.76. The molecule has 0 heterocycles. The Hall–Kier alpha value is -1.51. The number of rotatable bonds is 5. The average Bonchev–Trinajstić information content (AvgIpc) is 2.47. The highest BCUT2D eigenvalue weighted by Gasteiger charge is 2.33. The molecule has 0 spiro atoms. The summed E-state index contributed by atoms with van der Waals surface area (Å²) in [4.78, 5) is 2.97. The molecule has 4 atom stereocenters. The highest BCUT2D eigenvalue weighted by Crippen LogP contribution is 2.38. The molecule has 1 aromatic rings. The molecule has 21 heavy (non-hydrogen) atoms. The molecule has 1 fully saturated rings. The Bertz CT molecular complexity index is 482. The van der Waals surface area contributed by atoms with Crippen molar-refractivity contribution < 1.29 is 4.74 Å². The molecular formula is C17H25N3O. The molecule has 0 radical (unpaired) electrons. The van der Waals surface area contributed by atoms with Crippen molar-refractivity contribution in [3.05, 3.63) is 46.3 Å². The first kappa shape index (κ1) is 15.9. The average molecular weight is 287 g/mol. The third kappa shape index (κ3) is 4.23. The van der Waals surface area contributed by atoms with Gasteiger partial charge < -0.3 is 4.74 Å². The van der Waals surface area contributed by atoms with Gasteiger partial charge in [-0.15, -0.1) is 0 Å². The second kappa shape index (κ2) is 7.48. The van der Waals surface area contributed by atoms with Crippen molar-refractivity contribution in [1.29, 1.82) is 0 Å². The number of nitrogens with zero attached hydrogens (tertiary/aromatic N) is 3. The van der Waals surface area contributed by atoms with E-state index >= 15 is 0 Å². The van der Waals surface area contributed by atoms with Gasteiger partial charge in [-0.25, -0.2) is 0 Å². The van der Waals surface area contributed by atoms with E-state index in [1.54, 1.807) is 0 Å². The predicted molar refractivity (Wildman–Crippen MR) is 84.5 cm³/mol. The summed E-state index contributed by atoms with van der Waals surface area (Å²) in [6.07, 6.45) is 3.16. The van der Waals surface area contributed by atoms with Crippen LogP contribution in [-0.4, -0.2) is 6.10 Å². The van der Waals surface area contributed by atoms with E-state index in [2.05, 4.69) is 30.8 Å². The Balaban J connectivity index is 2.16. The fourth-order valence-corrected chi connectivity index (χ4v) is 3.27. The number of hydrogen-bond acceptors (Lipinski definition) is 2. The maximum absolute atomic E-state index is 8.83. The van der Waals surface area contributed by atoms with Gasteiger partial charge in [0.25, 0.3) is 0 Å². The van der Waals surface area contributed by atoms with Crippen LogP contribution in [0.25, 0.3) is 10.4 Å². The molecule has 0 N–H and O–H groups in total. The molecule has 1 aliphatic carbocycles. The Morgan fingerprint density at radius 1 is 1.24 bits per heavy atom. The minimum absolute atomic E-state index is 0.171. The second-order valence-electron chi connectivity index (χ2n) is 6.47. The molecule has 1 aliphatic rings. The van der Waals surface area contributed by atoms with Gasteiger partial charge in [-0.3, -0.25) is 0 Å². The van der Waals surface area contributed by atoms with E-state index < -0.39 is 6.23 Å². The first-order valence-electron chi connectivity index (χ1n) is 7.86. The van der Waals surface area contributed by atoms with Crippen molar-refractivity contribution in [3.8, 4) is 0 Å². The highest BCUT2D eigenvalue weighted by molar-refractivity contribution is 5.17. The largest absolute Gasteiger partial charge is 0.364 e. The summed E-state index contributed by atoms with van der Waals surface area (Å²) in [5, 5.41) is 3.87. The fourth-order valence-electron chi connectivity index (χ4n) is 3.27. The maximum atomic E-state index is 8.83. The number of hydrogen-bond donors (Lipinski definition) is 0. The Kier molecular flexibility index (Phi) is 5.66. The van der Waals surface area contributed by atoms with E-state index in [4.69, 9.17) is 10.3 Å². The third-order valence-corrected chi connectivity index (χ3v) is 4.51. The molecule has 1 unspecified atom stereocenters. The lowest BCUT2D eigenvalue weighted by Gasteiger charge is -2.38. The quantitative estimate of drug-likeness (QED) is 0.402. The number of azide groups is 1. The van der Waals surface area contributed by atoms with Crippen molar-refractivity contribution in [2.45, 2.75) is 52.4 Å². The van der Waals surface area contributed by atoms with E-state index in [-0.39, 0.29) is 6.10 Å². The maximum Gasteiger partial charge on any atom is 0.161 e. The summed E-state index contributed by atoms with van der Waals surface area (Å²) < 4.78 is 6.24. The molecule has 0 saturated heterocycles. The summed E-state index contributed by atoms with van der Waals surface area (Å²) in [7, 11) is 0. The Morgan fingerprint density at radius 2 is 1.95 bits per heavy atom. The molecule has 2 rings (SSSR count). The predicted octanol–water partition coefficient (Wildman–Crippen LogP) is 5.47. The van der Waals surface area contributed by atoms with Crippen molar-refractivity contribution >= 4 is 0 Å². The number of benzene rings is 1. The summed E-state index contributed by atoms with van der Waals surface area (Å²) in [6, 6.07) is 9.76. The topological polar surface area (TPSA) is 58.0 Å². The lowest BCUT2D eigenvalue weighted by Crippen LogP contribution is -2.35. The van der Waals surface area contributed by atoms with E-state index in [9.17, 15) is 0 Å². The zero-order chi connectivity index (χ0) is 15.2. The first-order valence-corrected chi connectivity index (χ1v) is 7.86. The van der Waals surface area contributed by atoms with Gasteiger partial charge in [0.2, 0.25) is 0 Å². The van der Waals surface area contributed by atoms with Crippen LogP contribution in [0.4, 0.5) is 0 Å². The van der Waals surface area contributed by atoms with Crippen LogP contribution in [0.1, 0.15) is 51.8 Å². The van der Waals surface area contributed by atoms with Crippen LogP contribution in [0.2, 0.25) is 0 Å². The molecule has 0 aliphatic heterocycles. The van der Waals surface area contributed by atoms with E-state index in [1.807, 2.05) is 30.3 Å². The van der Waals surface area contributed by atoms with Gasteiger partial charge in [-0.2, -0.15) is 0 Å². The molecule has 114 valence electrons. The lowest BCUT2D eigenvalue weighted by molar-refractivity contribution is -0.0795. The van der Waals surface area contributed by atoms with Gasteiger partial charge in [0.15, 0.2) is 6.23 Å². The van der Waals surface area contributed by atoms with Crippen LogP contribution in [0.3, 0.4) is 0 Å². The van der Waals surface area contributed by atoms with Gasteiger partial charge in [0.05, 0.1) is 6.10 Å².